The normalized spacial score (nSPS) is 14.7. The number of amides is 2. The minimum Gasteiger partial charge on any atom is -0.378 e. The monoisotopic (exact) mass is 381 g/mol. The van der Waals surface area contributed by atoms with E-state index < -0.39 is 17.8 Å². The first-order valence-corrected chi connectivity index (χ1v) is 8.29. The molecule has 0 aliphatic carbocycles. The number of ether oxygens (including phenoxy) is 1. The average molecular weight is 381 g/mol. The first-order valence-electron chi connectivity index (χ1n) is 8.29. The van der Waals surface area contributed by atoms with E-state index in [-0.39, 0.29) is 12.2 Å². The summed E-state index contributed by atoms with van der Waals surface area (Å²) in [7, 11) is 0. The van der Waals surface area contributed by atoms with Crippen LogP contribution in [0.4, 0.5) is 29.5 Å². The SMILES string of the molecule is O=C(NCc1nccc(N2CCOCC2)n1)Nc1ccccc1C(F)(F)F. The van der Waals surface area contributed by atoms with Gasteiger partial charge < -0.3 is 20.3 Å². The van der Waals surface area contributed by atoms with E-state index in [1.165, 1.54) is 18.2 Å². The topological polar surface area (TPSA) is 79.4 Å². The van der Waals surface area contributed by atoms with Crippen LogP contribution < -0.4 is 15.5 Å². The third kappa shape index (κ3) is 5.07. The van der Waals surface area contributed by atoms with E-state index in [0.29, 0.717) is 37.9 Å². The van der Waals surface area contributed by atoms with Gasteiger partial charge in [-0.1, -0.05) is 12.1 Å². The summed E-state index contributed by atoms with van der Waals surface area (Å²) in [5.41, 5.74) is -1.23. The van der Waals surface area contributed by atoms with E-state index in [4.69, 9.17) is 4.74 Å². The molecule has 1 aliphatic rings. The number of alkyl halides is 3. The molecule has 2 aromatic rings. The molecule has 7 nitrogen and oxygen atoms in total. The molecule has 144 valence electrons. The van der Waals surface area contributed by atoms with Crippen molar-refractivity contribution in [2.24, 2.45) is 0 Å². The Hall–Kier alpha value is -2.88. The highest BCUT2D eigenvalue weighted by molar-refractivity contribution is 5.90. The van der Waals surface area contributed by atoms with E-state index in [2.05, 4.69) is 20.6 Å². The molecule has 27 heavy (non-hydrogen) atoms. The van der Waals surface area contributed by atoms with Crippen LogP contribution >= 0.6 is 0 Å². The van der Waals surface area contributed by atoms with Crippen LogP contribution in [0, 0.1) is 0 Å². The molecule has 1 saturated heterocycles. The molecule has 2 amide bonds. The van der Waals surface area contributed by atoms with Crippen LogP contribution in [0.1, 0.15) is 11.4 Å². The van der Waals surface area contributed by atoms with Gasteiger partial charge in [0.25, 0.3) is 0 Å². The summed E-state index contributed by atoms with van der Waals surface area (Å²) < 4.78 is 44.2. The largest absolute Gasteiger partial charge is 0.418 e. The summed E-state index contributed by atoms with van der Waals surface area (Å²) in [6.45, 7) is 2.62. The number of aromatic nitrogens is 2. The smallest absolute Gasteiger partial charge is 0.378 e. The standard InChI is InChI=1S/C17H18F3N5O2/c18-17(19,20)12-3-1-2-4-13(12)23-16(26)22-11-14-21-6-5-15(24-14)25-7-9-27-10-8-25/h1-6H,7-11H2,(H2,22,23,26). The fraction of sp³-hybridized carbons (Fsp3) is 0.353. The van der Waals surface area contributed by atoms with Crippen molar-refractivity contribution >= 4 is 17.5 Å². The van der Waals surface area contributed by atoms with Crippen molar-refractivity contribution in [2.75, 3.05) is 36.5 Å². The molecule has 10 heteroatoms. The summed E-state index contributed by atoms with van der Waals surface area (Å²) >= 11 is 0. The fourth-order valence-electron chi connectivity index (χ4n) is 2.61. The van der Waals surface area contributed by atoms with Crippen LogP contribution in [-0.2, 0) is 17.5 Å². The highest BCUT2D eigenvalue weighted by Gasteiger charge is 2.33. The Morgan fingerprint density at radius 3 is 2.67 bits per heavy atom. The number of carbonyl (C=O) groups excluding carboxylic acids is 1. The Labute approximate surface area is 153 Å². The lowest BCUT2D eigenvalue weighted by Crippen LogP contribution is -2.37. The van der Waals surface area contributed by atoms with E-state index in [1.54, 1.807) is 12.3 Å². The highest BCUT2D eigenvalue weighted by atomic mass is 19.4. The van der Waals surface area contributed by atoms with Crippen molar-refractivity contribution in [3.05, 3.63) is 47.9 Å². The second-order valence-electron chi connectivity index (χ2n) is 5.78. The van der Waals surface area contributed by atoms with Crippen LogP contribution in [0.25, 0.3) is 0 Å². The third-order valence-electron chi connectivity index (χ3n) is 3.91. The zero-order chi connectivity index (χ0) is 19.3. The molecular weight excluding hydrogens is 363 g/mol. The molecule has 3 rings (SSSR count). The molecule has 0 unspecified atom stereocenters. The number of urea groups is 1. The molecule has 2 N–H and O–H groups in total. The van der Waals surface area contributed by atoms with Gasteiger partial charge in [0.1, 0.15) is 11.6 Å². The van der Waals surface area contributed by atoms with Crippen LogP contribution in [0.5, 0.6) is 0 Å². The van der Waals surface area contributed by atoms with Crippen molar-refractivity contribution in [1.29, 1.82) is 0 Å². The lowest BCUT2D eigenvalue weighted by Gasteiger charge is -2.27. The van der Waals surface area contributed by atoms with Crippen molar-refractivity contribution in [3.8, 4) is 0 Å². The summed E-state index contributed by atoms with van der Waals surface area (Å²) in [6.07, 6.45) is -2.98. The summed E-state index contributed by atoms with van der Waals surface area (Å²) in [6, 6.07) is 5.76. The van der Waals surface area contributed by atoms with Gasteiger partial charge >= 0.3 is 12.2 Å². The number of nitrogens with one attached hydrogen (secondary N) is 2. The third-order valence-corrected chi connectivity index (χ3v) is 3.91. The molecule has 0 saturated carbocycles. The number of carbonyl (C=O) groups is 1. The van der Waals surface area contributed by atoms with Crippen molar-refractivity contribution in [1.82, 2.24) is 15.3 Å². The molecule has 1 fully saturated rings. The lowest BCUT2D eigenvalue weighted by molar-refractivity contribution is -0.136. The number of para-hydroxylation sites is 1. The quantitative estimate of drug-likeness (QED) is 0.851. The zero-order valence-corrected chi connectivity index (χ0v) is 14.3. The minimum atomic E-state index is -4.56. The molecule has 2 heterocycles. The van der Waals surface area contributed by atoms with Gasteiger partial charge in [-0.3, -0.25) is 0 Å². The molecule has 0 radical (unpaired) electrons. The van der Waals surface area contributed by atoms with E-state index in [0.717, 1.165) is 6.07 Å². The first-order chi connectivity index (χ1) is 12.9. The number of rotatable bonds is 4. The number of morpholine rings is 1. The van der Waals surface area contributed by atoms with Gasteiger partial charge in [0, 0.05) is 19.3 Å². The Bertz CT molecular complexity index is 794. The van der Waals surface area contributed by atoms with E-state index in [1.807, 2.05) is 4.90 Å². The number of hydrogen-bond donors (Lipinski definition) is 2. The summed E-state index contributed by atoms with van der Waals surface area (Å²) in [5.74, 6) is 1.08. The predicted molar refractivity (Wildman–Crippen MR) is 92.4 cm³/mol. The van der Waals surface area contributed by atoms with Gasteiger partial charge in [0.05, 0.1) is 31.0 Å². The Morgan fingerprint density at radius 1 is 1.19 bits per heavy atom. The van der Waals surface area contributed by atoms with Crippen molar-refractivity contribution in [2.45, 2.75) is 12.7 Å². The van der Waals surface area contributed by atoms with Crippen molar-refractivity contribution in [3.63, 3.8) is 0 Å². The van der Waals surface area contributed by atoms with Gasteiger partial charge in [0.2, 0.25) is 0 Å². The Kier molecular flexibility index (Phi) is 5.75. The second kappa shape index (κ2) is 8.21. The summed E-state index contributed by atoms with van der Waals surface area (Å²) in [4.78, 5) is 22.5. The minimum absolute atomic E-state index is 0.0157. The molecule has 0 bridgehead atoms. The van der Waals surface area contributed by atoms with Gasteiger partial charge in [-0.25, -0.2) is 14.8 Å². The first kappa shape index (κ1) is 18.9. The maximum Gasteiger partial charge on any atom is 0.418 e. The van der Waals surface area contributed by atoms with Gasteiger partial charge in [0.15, 0.2) is 0 Å². The lowest BCUT2D eigenvalue weighted by atomic mass is 10.1. The Morgan fingerprint density at radius 2 is 1.93 bits per heavy atom. The maximum atomic E-state index is 13.0. The summed E-state index contributed by atoms with van der Waals surface area (Å²) in [5, 5.41) is 4.68. The number of halogens is 3. The van der Waals surface area contributed by atoms with Crippen LogP contribution in [0.15, 0.2) is 36.5 Å². The van der Waals surface area contributed by atoms with Gasteiger partial charge in [-0.15, -0.1) is 0 Å². The van der Waals surface area contributed by atoms with E-state index in [9.17, 15) is 18.0 Å². The van der Waals surface area contributed by atoms with Crippen LogP contribution in [0.2, 0.25) is 0 Å². The van der Waals surface area contributed by atoms with Gasteiger partial charge in [-0.2, -0.15) is 13.2 Å². The molecule has 1 aromatic heterocycles. The van der Waals surface area contributed by atoms with E-state index >= 15 is 0 Å². The number of benzene rings is 1. The Balaban J connectivity index is 1.60. The zero-order valence-electron chi connectivity index (χ0n) is 14.3. The number of nitrogens with zero attached hydrogens (tertiary/aromatic N) is 3. The number of anilines is 2. The fourth-order valence-corrected chi connectivity index (χ4v) is 2.61. The molecule has 0 spiro atoms. The molecular formula is C17H18F3N5O2. The van der Waals surface area contributed by atoms with Crippen LogP contribution in [0.3, 0.4) is 0 Å². The molecule has 1 aromatic carbocycles. The molecule has 1 aliphatic heterocycles. The predicted octanol–water partition coefficient (Wildman–Crippen LogP) is 2.65. The number of hydrogen-bond acceptors (Lipinski definition) is 5. The van der Waals surface area contributed by atoms with Gasteiger partial charge in [-0.05, 0) is 18.2 Å². The van der Waals surface area contributed by atoms with Crippen LogP contribution in [-0.4, -0.2) is 42.3 Å². The highest BCUT2D eigenvalue weighted by Crippen LogP contribution is 2.34. The van der Waals surface area contributed by atoms with Crippen molar-refractivity contribution < 1.29 is 22.7 Å². The molecule has 0 atom stereocenters. The maximum absolute atomic E-state index is 13.0. The second-order valence-corrected chi connectivity index (χ2v) is 5.78. The average Bonchev–Trinajstić information content (AvgIpc) is 2.67.